The summed E-state index contributed by atoms with van der Waals surface area (Å²) >= 11 is 4.66. The van der Waals surface area contributed by atoms with Crippen LogP contribution in [0.4, 0.5) is 27.6 Å². The van der Waals surface area contributed by atoms with Crippen LogP contribution in [0.1, 0.15) is 63.5 Å². The quantitative estimate of drug-likeness (QED) is 0.286. The van der Waals surface area contributed by atoms with Crippen LogP contribution in [0.2, 0.25) is 0 Å². The first-order chi connectivity index (χ1) is 19.6. The topological polar surface area (TPSA) is 97.1 Å². The van der Waals surface area contributed by atoms with Crippen molar-refractivity contribution in [2.75, 3.05) is 31.1 Å². The first kappa shape index (κ1) is 35.3. The van der Waals surface area contributed by atoms with Crippen LogP contribution in [0, 0.1) is 17.2 Å². The molecular weight excluding hydrogens is 619 g/mol. The predicted octanol–water partition coefficient (Wildman–Crippen LogP) is 5.40. The maximum Gasteiger partial charge on any atom is 0.417 e. The number of piperidine rings is 1. The molecule has 1 aromatic rings. The molecule has 3 aliphatic rings. The number of rotatable bonds is 8. The van der Waals surface area contributed by atoms with Gasteiger partial charge in [0.1, 0.15) is 5.50 Å². The number of carbonyl (C=O) groups is 2. The van der Waals surface area contributed by atoms with Gasteiger partial charge in [-0.3, -0.25) is 24.3 Å². The number of hydrogen-bond acceptors (Lipinski definition) is 7. The molecule has 8 nitrogen and oxygen atoms in total. The normalized spacial score (nSPS) is 27.9. The third kappa shape index (κ3) is 7.56. The van der Waals surface area contributed by atoms with E-state index < -0.39 is 65.1 Å². The van der Waals surface area contributed by atoms with E-state index >= 15 is 0 Å². The van der Waals surface area contributed by atoms with Gasteiger partial charge >= 0.3 is 12.1 Å². The van der Waals surface area contributed by atoms with Crippen LogP contribution >= 0.6 is 25.0 Å². The molecule has 0 unspecified atom stereocenters. The van der Waals surface area contributed by atoms with E-state index in [1.165, 1.54) is 15.9 Å². The molecule has 2 saturated heterocycles. The molecule has 0 bridgehead atoms. The molecular formula is C28H36ClF5N4O4S. The number of alkyl halides is 5. The largest absolute Gasteiger partial charge is 0.480 e. The summed E-state index contributed by atoms with van der Waals surface area (Å²) in [5.74, 6) is -5.42. The minimum Gasteiger partial charge on any atom is -0.480 e. The van der Waals surface area contributed by atoms with Crippen molar-refractivity contribution >= 4 is 42.6 Å². The van der Waals surface area contributed by atoms with Gasteiger partial charge in [0.05, 0.1) is 41.9 Å². The monoisotopic (exact) mass is 654 g/mol. The third-order valence-electron chi connectivity index (χ3n) is 8.62. The first-order valence-electron chi connectivity index (χ1n) is 13.9. The molecule has 2 heterocycles. The van der Waals surface area contributed by atoms with E-state index in [1.807, 2.05) is 4.90 Å². The lowest BCUT2D eigenvalue weighted by Gasteiger charge is -2.42. The van der Waals surface area contributed by atoms with E-state index in [0.29, 0.717) is 32.2 Å². The summed E-state index contributed by atoms with van der Waals surface area (Å²) in [5.41, 5.74) is -3.54. The first-order valence-corrected chi connectivity index (χ1v) is 14.4. The molecule has 4 rings (SSSR count). The summed E-state index contributed by atoms with van der Waals surface area (Å²) < 4.78 is 75.8. The Morgan fingerprint density at radius 3 is 2.40 bits per heavy atom. The Labute approximate surface area is 258 Å². The Morgan fingerprint density at radius 2 is 1.84 bits per heavy atom. The van der Waals surface area contributed by atoms with Crippen molar-refractivity contribution in [3.63, 3.8) is 0 Å². The number of carboxylic acid groups (broad SMARTS) is 1. The van der Waals surface area contributed by atoms with Crippen molar-refractivity contribution in [3.05, 3.63) is 29.3 Å². The summed E-state index contributed by atoms with van der Waals surface area (Å²) in [4.78, 5) is 28.7. The summed E-state index contributed by atoms with van der Waals surface area (Å²) in [5, 5.41) is 18.0. The van der Waals surface area contributed by atoms with Gasteiger partial charge in [0, 0.05) is 24.3 Å². The minimum atomic E-state index is -4.77. The Morgan fingerprint density at radius 1 is 1.19 bits per heavy atom. The van der Waals surface area contributed by atoms with E-state index in [0.717, 1.165) is 12.1 Å². The number of carbonyl (C=O) groups excluding carboxylic acids is 1. The highest BCUT2D eigenvalue weighted by Crippen LogP contribution is 2.43. The van der Waals surface area contributed by atoms with Gasteiger partial charge < -0.3 is 9.84 Å². The Bertz CT molecular complexity index is 1220. The van der Waals surface area contributed by atoms with Crippen molar-refractivity contribution in [1.82, 2.24) is 9.80 Å². The molecule has 2 atom stereocenters. The van der Waals surface area contributed by atoms with Crippen molar-refractivity contribution in [2.45, 2.75) is 87.7 Å². The fourth-order valence-electron chi connectivity index (χ4n) is 6.44. The van der Waals surface area contributed by atoms with Crippen molar-refractivity contribution in [1.29, 1.82) is 5.26 Å². The number of halogens is 6. The summed E-state index contributed by atoms with van der Waals surface area (Å²) in [7, 11) is 0. The molecule has 3 fully saturated rings. The molecule has 240 valence electrons. The number of benzene rings is 1. The van der Waals surface area contributed by atoms with E-state index in [9.17, 15) is 31.5 Å². The van der Waals surface area contributed by atoms with Crippen LogP contribution in [0.15, 0.2) is 18.2 Å². The van der Waals surface area contributed by atoms with Gasteiger partial charge in [-0.15, -0.1) is 25.0 Å². The van der Waals surface area contributed by atoms with Crippen molar-refractivity contribution in [2.24, 2.45) is 5.92 Å². The highest BCUT2D eigenvalue weighted by molar-refractivity contribution is 7.81. The summed E-state index contributed by atoms with van der Waals surface area (Å²) in [6.45, 7) is 2.87. The maximum atomic E-state index is 14.6. The minimum absolute atomic E-state index is 0. The third-order valence-corrected chi connectivity index (χ3v) is 9.10. The highest BCUT2D eigenvalue weighted by Gasteiger charge is 2.54. The molecule has 43 heavy (non-hydrogen) atoms. The predicted molar refractivity (Wildman–Crippen MR) is 153 cm³/mol. The van der Waals surface area contributed by atoms with Gasteiger partial charge in [0.25, 0.3) is 5.92 Å². The fraction of sp³-hybridized carbons (Fsp3) is 0.679. The molecule has 1 aliphatic carbocycles. The lowest BCUT2D eigenvalue weighted by atomic mass is 9.88. The highest BCUT2D eigenvalue weighted by atomic mass is 35.5. The number of nitriles is 1. The van der Waals surface area contributed by atoms with Gasteiger partial charge in [-0.1, -0.05) is 0 Å². The number of nitrogens with zero attached hydrogens (tertiary/aromatic N) is 4. The molecule has 2 aliphatic heterocycles. The molecule has 15 heteroatoms. The standard InChI is InChI=1S/C28H35F5N4O4S.ClH/c1-26(2)24(40)36(20-4-3-17(14-34)22(13-20)28(31,32)33)25(42)37(26)19-5-7-21(8-6-19)41-12-10-18-9-11-35(15-23(38)39)16-27(18,29)30;/h3-4,13,18-19,21,25,42H,5-12,15-16H2,1-2H3,(H,38,39);1H/t18-,19?,21?,25+;/m1./s1. The number of carboxylic acids is 1. The number of anilines is 1. The van der Waals surface area contributed by atoms with Crippen LogP contribution in [0.5, 0.6) is 0 Å². The second-order valence-electron chi connectivity index (χ2n) is 11.8. The molecule has 0 aromatic heterocycles. The molecule has 0 radical (unpaired) electrons. The zero-order valence-corrected chi connectivity index (χ0v) is 25.5. The van der Waals surface area contributed by atoms with Gasteiger partial charge in [-0.25, -0.2) is 8.78 Å². The van der Waals surface area contributed by atoms with Gasteiger partial charge in [-0.05, 0) is 77.1 Å². The smallest absolute Gasteiger partial charge is 0.417 e. The van der Waals surface area contributed by atoms with Gasteiger partial charge in [-0.2, -0.15) is 18.4 Å². The number of hydrogen-bond donors (Lipinski definition) is 2. The van der Waals surface area contributed by atoms with Gasteiger partial charge in [0.15, 0.2) is 0 Å². The van der Waals surface area contributed by atoms with Crippen molar-refractivity contribution in [3.8, 4) is 6.07 Å². The van der Waals surface area contributed by atoms with E-state index in [-0.39, 0.29) is 49.7 Å². The van der Waals surface area contributed by atoms with Crippen molar-refractivity contribution < 1.29 is 41.4 Å². The van der Waals surface area contributed by atoms with Crippen LogP contribution in [0.25, 0.3) is 0 Å². The van der Waals surface area contributed by atoms with Gasteiger partial charge in [0.2, 0.25) is 5.91 Å². The molecule has 1 N–H and O–H groups in total. The fourth-order valence-corrected chi connectivity index (χ4v) is 7.15. The molecule has 1 saturated carbocycles. The number of likely N-dealkylation sites (tertiary alicyclic amines) is 1. The SMILES string of the molecule is CC1(C)C(=O)N(c2ccc(C#N)c(C(F)(F)F)c2)[C@H](S)N1C1CCC(OCC[C@H]2CCN(CC(=O)O)CC2(F)F)CC1.Cl. The zero-order chi connectivity index (χ0) is 31.0. The Kier molecular flexibility index (Phi) is 11.0. The summed E-state index contributed by atoms with van der Waals surface area (Å²) in [6.07, 6.45) is -2.07. The number of amides is 1. The molecule has 1 aromatic carbocycles. The average molecular weight is 655 g/mol. The van der Waals surface area contributed by atoms with Crippen LogP contribution < -0.4 is 4.90 Å². The number of ether oxygens (including phenoxy) is 1. The Balaban J connectivity index is 0.00000506. The van der Waals surface area contributed by atoms with E-state index in [1.54, 1.807) is 19.9 Å². The summed E-state index contributed by atoms with van der Waals surface area (Å²) in [6, 6.07) is 4.62. The van der Waals surface area contributed by atoms with E-state index in [2.05, 4.69) is 12.6 Å². The molecule has 0 spiro atoms. The Hall–Kier alpha value is -2.18. The lowest BCUT2D eigenvalue weighted by molar-refractivity contribution is -0.146. The van der Waals surface area contributed by atoms with Crippen LogP contribution in [-0.2, 0) is 20.5 Å². The molecule has 1 amide bonds. The van der Waals surface area contributed by atoms with Crippen LogP contribution in [0.3, 0.4) is 0 Å². The van der Waals surface area contributed by atoms with E-state index in [4.69, 9.17) is 15.1 Å². The second kappa shape index (κ2) is 13.4. The second-order valence-corrected chi connectivity index (χ2v) is 12.2. The maximum absolute atomic E-state index is 14.6. The van der Waals surface area contributed by atoms with Crippen LogP contribution in [-0.4, -0.2) is 82.1 Å². The lowest BCUT2D eigenvalue weighted by Crippen LogP contribution is -2.52. The number of thiol groups is 1. The zero-order valence-electron chi connectivity index (χ0n) is 23.8. The number of aliphatic carboxylic acids is 1. The average Bonchev–Trinajstić information content (AvgIpc) is 3.07.